The van der Waals surface area contributed by atoms with Gasteiger partial charge in [-0.05, 0) is 31.9 Å². The zero-order valence-electron chi connectivity index (χ0n) is 12.0. The molecular weight excluding hydrogens is 260 g/mol. The van der Waals surface area contributed by atoms with Crippen molar-refractivity contribution in [2.45, 2.75) is 40.2 Å². The Morgan fingerprint density at radius 2 is 2.00 bits per heavy atom. The van der Waals surface area contributed by atoms with E-state index in [1.807, 2.05) is 32.9 Å². The van der Waals surface area contributed by atoms with Crippen molar-refractivity contribution < 1.29 is 9.21 Å². The highest BCUT2D eigenvalue weighted by Gasteiger charge is 2.40. The van der Waals surface area contributed by atoms with Gasteiger partial charge in [0.05, 0.1) is 16.9 Å². The molecule has 19 heavy (non-hydrogen) atoms. The molecule has 0 radical (unpaired) electrons. The van der Waals surface area contributed by atoms with Gasteiger partial charge in [0.1, 0.15) is 11.5 Å². The van der Waals surface area contributed by atoms with Crippen LogP contribution in [-0.4, -0.2) is 22.8 Å². The number of carbonyl (C=O) groups is 1. The molecule has 0 unspecified atom stereocenters. The van der Waals surface area contributed by atoms with Crippen LogP contribution < -0.4 is 5.73 Å². The molecule has 0 spiro atoms. The van der Waals surface area contributed by atoms with Gasteiger partial charge in [0.2, 0.25) is 5.91 Å². The summed E-state index contributed by atoms with van der Waals surface area (Å²) in [5, 5.41) is 0. The van der Waals surface area contributed by atoms with Crippen molar-refractivity contribution in [1.82, 2.24) is 4.90 Å². The molecule has 0 atom stereocenters. The minimum atomic E-state index is -0.744. The lowest BCUT2D eigenvalue weighted by Gasteiger charge is -2.33. The molecule has 0 aliphatic rings. The molecule has 5 heteroatoms. The van der Waals surface area contributed by atoms with E-state index in [2.05, 4.69) is 0 Å². The molecule has 4 nitrogen and oxygen atoms in total. The average Bonchev–Trinajstić information content (AvgIpc) is 2.76. The molecule has 0 aliphatic heterocycles. The number of hydrogen-bond acceptors (Lipinski definition) is 3. The predicted octanol–water partition coefficient (Wildman–Crippen LogP) is 2.64. The molecule has 1 rings (SSSR count). The van der Waals surface area contributed by atoms with Gasteiger partial charge in [0, 0.05) is 7.05 Å². The Balaban J connectivity index is 2.88. The van der Waals surface area contributed by atoms with Gasteiger partial charge in [-0.1, -0.05) is 26.1 Å². The summed E-state index contributed by atoms with van der Waals surface area (Å²) < 4.78 is 5.49. The third-order valence-electron chi connectivity index (χ3n) is 3.62. The highest BCUT2D eigenvalue weighted by Crippen LogP contribution is 2.29. The van der Waals surface area contributed by atoms with Crippen LogP contribution in [0.5, 0.6) is 0 Å². The minimum Gasteiger partial charge on any atom is -0.464 e. The van der Waals surface area contributed by atoms with Gasteiger partial charge in [0.15, 0.2) is 0 Å². The monoisotopic (exact) mass is 282 g/mol. The Morgan fingerprint density at radius 3 is 2.37 bits per heavy atom. The molecule has 0 fully saturated rings. The smallest absolute Gasteiger partial charge is 0.235 e. The molecular formula is C14H22N2O2S. The first-order valence-electron chi connectivity index (χ1n) is 6.48. The van der Waals surface area contributed by atoms with Gasteiger partial charge in [-0.2, -0.15) is 0 Å². The van der Waals surface area contributed by atoms with Crippen LogP contribution in [0.15, 0.2) is 16.5 Å². The van der Waals surface area contributed by atoms with Gasteiger partial charge in [-0.25, -0.2) is 0 Å². The zero-order valence-corrected chi connectivity index (χ0v) is 12.8. The number of rotatable bonds is 6. The van der Waals surface area contributed by atoms with Crippen LogP contribution in [0.3, 0.4) is 0 Å². The van der Waals surface area contributed by atoms with E-state index in [9.17, 15) is 4.79 Å². The SMILES string of the molecule is CCC(CC)(C(=O)N(C)Cc1ccc(C)o1)C(N)=S. The normalized spacial score (nSPS) is 11.4. The highest BCUT2D eigenvalue weighted by molar-refractivity contribution is 7.80. The largest absolute Gasteiger partial charge is 0.464 e. The van der Waals surface area contributed by atoms with Crippen molar-refractivity contribution in [3.63, 3.8) is 0 Å². The quantitative estimate of drug-likeness (QED) is 0.815. The molecule has 1 aromatic heterocycles. The standard InChI is InChI=1S/C14H22N2O2S/c1-5-14(6-2,12(15)19)13(17)16(4)9-11-8-7-10(3)18-11/h7-8H,5-6,9H2,1-4H3,(H2,15,19). The van der Waals surface area contributed by atoms with Gasteiger partial charge in [0.25, 0.3) is 0 Å². The van der Waals surface area contributed by atoms with Crippen LogP contribution in [0.25, 0.3) is 0 Å². The maximum atomic E-state index is 12.6. The number of hydrogen-bond donors (Lipinski definition) is 1. The van der Waals surface area contributed by atoms with Crippen LogP contribution in [0, 0.1) is 12.3 Å². The number of carbonyl (C=O) groups excluding carboxylic acids is 1. The van der Waals surface area contributed by atoms with Crippen molar-refractivity contribution in [3.8, 4) is 0 Å². The molecule has 2 N–H and O–H groups in total. The molecule has 0 bridgehead atoms. The summed E-state index contributed by atoms with van der Waals surface area (Å²) in [6.45, 7) is 6.18. The highest BCUT2D eigenvalue weighted by atomic mass is 32.1. The lowest BCUT2D eigenvalue weighted by Crippen LogP contribution is -2.48. The fourth-order valence-corrected chi connectivity index (χ4v) is 2.62. The van der Waals surface area contributed by atoms with Crippen molar-refractivity contribution in [1.29, 1.82) is 0 Å². The number of nitrogens with zero attached hydrogens (tertiary/aromatic N) is 1. The second-order valence-electron chi connectivity index (χ2n) is 4.83. The Hall–Kier alpha value is -1.36. The topological polar surface area (TPSA) is 59.5 Å². The van der Waals surface area contributed by atoms with E-state index in [4.69, 9.17) is 22.4 Å². The number of thiocarbonyl (C=S) groups is 1. The average molecular weight is 282 g/mol. The Bertz CT molecular complexity index is 464. The first-order valence-corrected chi connectivity index (χ1v) is 6.89. The van der Waals surface area contributed by atoms with E-state index < -0.39 is 5.41 Å². The van der Waals surface area contributed by atoms with Crippen LogP contribution >= 0.6 is 12.2 Å². The minimum absolute atomic E-state index is 0.0425. The predicted molar refractivity (Wildman–Crippen MR) is 79.7 cm³/mol. The summed E-state index contributed by atoms with van der Waals surface area (Å²) in [4.78, 5) is 14.5. The Morgan fingerprint density at radius 1 is 1.42 bits per heavy atom. The molecule has 0 saturated carbocycles. The number of nitrogens with two attached hydrogens (primary N) is 1. The molecule has 106 valence electrons. The summed E-state index contributed by atoms with van der Waals surface area (Å²) in [5.41, 5.74) is 5.05. The van der Waals surface area contributed by atoms with E-state index in [1.54, 1.807) is 11.9 Å². The summed E-state index contributed by atoms with van der Waals surface area (Å²) in [6, 6.07) is 3.76. The van der Waals surface area contributed by atoms with Crippen molar-refractivity contribution in [2.24, 2.45) is 11.1 Å². The fourth-order valence-electron chi connectivity index (χ4n) is 2.25. The van der Waals surface area contributed by atoms with Crippen molar-refractivity contribution in [3.05, 3.63) is 23.7 Å². The first-order chi connectivity index (χ1) is 8.87. The molecule has 1 heterocycles. The zero-order chi connectivity index (χ0) is 14.6. The lowest BCUT2D eigenvalue weighted by atomic mass is 9.81. The number of aryl methyl sites for hydroxylation is 1. The van der Waals surface area contributed by atoms with E-state index >= 15 is 0 Å². The van der Waals surface area contributed by atoms with Gasteiger partial charge in [-0.3, -0.25) is 4.79 Å². The van der Waals surface area contributed by atoms with Crippen molar-refractivity contribution in [2.75, 3.05) is 7.05 Å². The molecule has 1 aromatic rings. The van der Waals surface area contributed by atoms with E-state index in [0.29, 0.717) is 19.4 Å². The maximum Gasteiger partial charge on any atom is 0.235 e. The lowest BCUT2D eigenvalue weighted by molar-refractivity contribution is -0.138. The van der Waals surface area contributed by atoms with Crippen LogP contribution in [0.4, 0.5) is 0 Å². The van der Waals surface area contributed by atoms with Crippen molar-refractivity contribution >= 4 is 23.1 Å². The van der Waals surface area contributed by atoms with Crippen LogP contribution in [-0.2, 0) is 11.3 Å². The summed E-state index contributed by atoms with van der Waals surface area (Å²) in [5.74, 6) is 1.55. The Labute approximate surface area is 119 Å². The number of amides is 1. The second kappa shape index (κ2) is 6.19. The van der Waals surface area contributed by atoms with E-state index in [0.717, 1.165) is 11.5 Å². The van der Waals surface area contributed by atoms with Gasteiger partial charge >= 0.3 is 0 Å². The number of furan rings is 1. The molecule has 1 amide bonds. The first kappa shape index (κ1) is 15.7. The van der Waals surface area contributed by atoms with Crippen LogP contribution in [0.2, 0.25) is 0 Å². The summed E-state index contributed by atoms with van der Waals surface area (Å²) in [6.07, 6.45) is 1.22. The molecule has 0 aromatic carbocycles. The second-order valence-corrected chi connectivity index (χ2v) is 5.27. The van der Waals surface area contributed by atoms with Crippen LogP contribution in [0.1, 0.15) is 38.2 Å². The Kier molecular flexibility index (Phi) is 5.11. The maximum absolute atomic E-state index is 12.6. The fraction of sp³-hybridized carbons (Fsp3) is 0.571. The van der Waals surface area contributed by atoms with E-state index in [1.165, 1.54) is 0 Å². The summed E-state index contributed by atoms with van der Waals surface area (Å²) in [7, 11) is 1.75. The molecule has 0 aliphatic carbocycles. The summed E-state index contributed by atoms with van der Waals surface area (Å²) >= 11 is 5.10. The molecule has 0 saturated heterocycles. The third-order valence-corrected chi connectivity index (χ3v) is 4.01. The van der Waals surface area contributed by atoms with Gasteiger partial charge < -0.3 is 15.1 Å². The third kappa shape index (κ3) is 3.15. The van der Waals surface area contributed by atoms with Gasteiger partial charge in [-0.15, -0.1) is 0 Å². The van der Waals surface area contributed by atoms with E-state index in [-0.39, 0.29) is 10.9 Å².